The van der Waals surface area contributed by atoms with Crippen LogP contribution in [0.3, 0.4) is 0 Å². The summed E-state index contributed by atoms with van der Waals surface area (Å²) in [5.41, 5.74) is 8.93. The molecule has 0 aliphatic carbocycles. The van der Waals surface area contributed by atoms with Gasteiger partial charge in [0, 0.05) is 0 Å². The van der Waals surface area contributed by atoms with Crippen molar-refractivity contribution >= 4 is 0 Å². The zero-order valence-electron chi connectivity index (χ0n) is 24.1. The van der Waals surface area contributed by atoms with Gasteiger partial charge in [0.2, 0.25) is 0 Å². The fourth-order valence-electron chi connectivity index (χ4n) is 4.13. The van der Waals surface area contributed by atoms with Crippen molar-refractivity contribution in [3.63, 3.8) is 0 Å². The first-order valence-electron chi connectivity index (χ1n) is 14.1. The molecular formula is C34H54O. The van der Waals surface area contributed by atoms with Gasteiger partial charge in [0.25, 0.3) is 0 Å². The predicted molar refractivity (Wildman–Crippen MR) is 157 cm³/mol. The van der Waals surface area contributed by atoms with Gasteiger partial charge in [0.15, 0.2) is 0 Å². The maximum absolute atomic E-state index is 5.13. The highest BCUT2D eigenvalue weighted by atomic mass is 16.3. The summed E-state index contributed by atoms with van der Waals surface area (Å²) < 4.78 is 5.13. The minimum atomic E-state index is 0.803. The Morgan fingerprint density at radius 1 is 0.629 bits per heavy atom. The second-order valence-electron chi connectivity index (χ2n) is 11.0. The first-order valence-corrected chi connectivity index (χ1v) is 14.1. The third kappa shape index (κ3) is 18.0. The highest BCUT2D eigenvalue weighted by molar-refractivity contribution is 5.10. The van der Waals surface area contributed by atoms with E-state index in [1.807, 2.05) is 6.26 Å². The van der Waals surface area contributed by atoms with Crippen molar-refractivity contribution in [3.05, 3.63) is 82.4 Å². The van der Waals surface area contributed by atoms with E-state index in [9.17, 15) is 0 Å². The minimum absolute atomic E-state index is 0.803. The van der Waals surface area contributed by atoms with Crippen LogP contribution >= 0.6 is 0 Å². The van der Waals surface area contributed by atoms with Crippen molar-refractivity contribution in [2.75, 3.05) is 0 Å². The van der Waals surface area contributed by atoms with Crippen LogP contribution in [-0.2, 0) is 6.42 Å². The molecule has 1 aromatic heterocycles. The fourth-order valence-corrected chi connectivity index (χ4v) is 4.13. The second-order valence-corrected chi connectivity index (χ2v) is 11.0. The molecule has 0 fully saturated rings. The molecule has 0 amide bonds. The van der Waals surface area contributed by atoms with E-state index in [4.69, 9.17) is 4.42 Å². The molecule has 35 heavy (non-hydrogen) atoms. The van der Waals surface area contributed by atoms with Crippen LogP contribution < -0.4 is 0 Å². The normalized spacial score (nSPS) is 14.3. The zero-order valence-corrected chi connectivity index (χ0v) is 24.1. The Morgan fingerprint density at radius 2 is 1.03 bits per heavy atom. The topological polar surface area (TPSA) is 13.1 Å². The van der Waals surface area contributed by atoms with Crippen molar-refractivity contribution in [1.29, 1.82) is 0 Å². The van der Waals surface area contributed by atoms with E-state index in [2.05, 4.69) is 84.9 Å². The molecule has 0 atom stereocenters. The molecule has 0 saturated carbocycles. The first-order chi connectivity index (χ1) is 16.8. The molecule has 0 spiro atoms. The number of rotatable bonds is 18. The summed E-state index contributed by atoms with van der Waals surface area (Å²) in [4.78, 5) is 0. The lowest BCUT2D eigenvalue weighted by atomic mass is 10.0. The molecule has 0 saturated heterocycles. The number of aryl methyl sites for hydroxylation is 1. The van der Waals surface area contributed by atoms with Crippen molar-refractivity contribution < 1.29 is 4.42 Å². The lowest BCUT2D eigenvalue weighted by Crippen LogP contribution is -1.88. The third-order valence-corrected chi connectivity index (χ3v) is 6.75. The molecule has 0 N–H and O–H groups in total. The van der Waals surface area contributed by atoms with Gasteiger partial charge in [-0.2, -0.15) is 0 Å². The van der Waals surface area contributed by atoms with E-state index in [-0.39, 0.29) is 0 Å². The largest absolute Gasteiger partial charge is 0.472 e. The maximum atomic E-state index is 5.13. The molecule has 0 aromatic carbocycles. The molecule has 1 heteroatoms. The van der Waals surface area contributed by atoms with Gasteiger partial charge >= 0.3 is 0 Å². The number of hydrogen-bond acceptors (Lipinski definition) is 1. The van der Waals surface area contributed by atoms with Gasteiger partial charge in [-0.1, -0.05) is 72.1 Å². The van der Waals surface area contributed by atoms with E-state index in [1.54, 1.807) is 11.8 Å². The fraction of sp³-hybridized carbons (Fsp3) is 0.588. The van der Waals surface area contributed by atoms with Gasteiger partial charge in [-0.05, 0) is 129 Å². The van der Waals surface area contributed by atoms with Crippen molar-refractivity contribution in [2.24, 2.45) is 5.92 Å². The minimum Gasteiger partial charge on any atom is -0.472 e. The van der Waals surface area contributed by atoms with E-state index in [0.29, 0.717) is 0 Å². The lowest BCUT2D eigenvalue weighted by Gasteiger charge is -2.05. The molecule has 0 radical (unpaired) electrons. The van der Waals surface area contributed by atoms with Crippen LogP contribution in [0.1, 0.15) is 125 Å². The first kappa shape index (κ1) is 31.0. The van der Waals surface area contributed by atoms with Gasteiger partial charge < -0.3 is 4.42 Å². The zero-order chi connectivity index (χ0) is 25.9. The molecule has 196 valence electrons. The van der Waals surface area contributed by atoms with E-state index < -0.39 is 0 Å². The molecular weight excluding hydrogens is 424 g/mol. The van der Waals surface area contributed by atoms with Crippen LogP contribution in [0.25, 0.3) is 0 Å². The van der Waals surface area contributed by atoms with Crippen molar-refractivity contribution in [1.82, 2.24) is 0 Å². The van der Waals surface area contributed by atoms with Crippen LogP contribution in [0, 0.1) is 5.92 Å². The Labute approximate surface area is 218 Å². The highest BCUT2D eigenvalue weighted by Crippen LogP contribution is 2.16. The summed E-state index contributed by atoms with van der Waals surface area (Å²) in [6, 6.07) is 2.05. The summed E-state index contributed by atoms with van der Waals surface area (Å²) in [6.07, 6.45) is 29.9. The summed E-state index contributed by atoms with van der Waals surface area (Å²) in [5.74, 6) is 0.803. The third-order valence-electron chi connectivity index (χ3n) is 6.75. The Bertz CT molecular complexity index is 824. The lowest BCUT2D eigenvalue weighted by molar-refractivity contribution is 0.564. The SMILES string of the molecule is C/C(=C\CC/C(C)=C/CC/C(C)=C/CCc1ccoc1)CC/C=C(\C)CC/C=C(\C)CCC(C)C. The van der Waals surface area contributed by atoms with Crippen LogP contribution in [0.4, 0.5) is 0 Å². The summed E-state index contributed by atoms with van der Waals surface area (Å²) in [7, 11) is 0. The van der Waals surface area contributed by atoms with Gasteiger partial charge in [-0.3, -0.25) is 0 Å². The average molecular weight is 479 g/mol. The molecule has 0 aliphatic rings. The van der Waals surface area contributed by atoms with E-state index in [0.717, 1.165) is 38.0 Å². The summed E-state index contributed by atoms with van der Waals surface area (Å²) >= 11 is 0. The van der Waals surface area contributed by atoms with Gasteiger partial charge in [-0.15, -0.1) is 0 Å². The summed E-state index contributed by atoms with van der Waals surface area (Å²) in [6.45, 7) is 16.0. The average Bonchev–Trinajstić information content (AvgIpc) is 3.31. The highest BCUT2D eigenvalue weighted by Gasteiger charge is 1.97. The van der Waals surface area contributed by atoms with Crippen LogP contribution in [0.15, 0.2) is 81.3 Å². The molecule has 1 rings (SSSR count). The smallest absolute Gasteiger partial charge is 0.0934 e. The second kappa shape index (κ2) is 19.2. The molecule has 1 nitrogen and oxygen atoms in total. The van der Waals surface area contributed by atoms with Crippen LogP contribution in [0.2, 0.25) is 0 Å². The molecule has 0 bridgehead atoms. The number of hydrogen-bond donors (Lipinski definition) is 0. The monoisotopic (exact) mass is 478 g/mol. The number of allylic oxidation sites excluding steroid dienone is 10. The van der Waals surface area contributed by atoms with Gasteiger partial charge in [0.1, 0.15) is 0 Å². The summed E-state index contributed by atoms with van der Waals surface area (Å²) in [5, 5.41) is 0. The Balaban J connectivity index is 2.18. The Kier molecular flexibility index (Phi) is 17.0. The standard InChI is InChI=1S/C34H54O/c1-28(2)23-24-33(7)20-11-19-31(5)16-9-15-29(3)13-8-14-30(4)17-10-18-32(6)21-12-22-34-25-26-35-27-34/h13,16-17,20-21,25-28H,8-12,14-15,18-19,22-24H2,1-7H3/b29-13+,30-17+,31-16+,32-21+,33-20+. The molecule has 1 heterocycles. The molecule has 1 aromatic rings. The predicted octanol–water partition coefficient (Wildman–Crippen LogP) is 11.5. The quantitative estimate of drug-likeness (QED) is 0.191. The van der Waals surface area contributed by atoms with Gasteiger partial charge in [-0.25, -0.2) is 0 Å². The van der Waals surface area contributed by atoms with Crippen molar-refractivity contribution in [2.45, 2.75) is 126 Å². The molecule has 0 unspecified atom stereocenters. The van der Waals surface area contributed by atoms with Crippen LogP contribution in [0.5, 0.6) is 0 Å². The Hall–Kier alpha value is -2.02. The van der Waals surface area contributed by atoms with Crippen LogP contribution in [-0.4, -0.2) is 0 Å². The van der Waals surface area contributed by atoms with Gasteiger partial charge in [0.05, 0.1) is 12.5 Å². The Morgan fingerprint density at radius 3 is 1.40 bits per heavy atom. The van der Waals surface area contributed by atoms with Crippen molar-refractivity contribution in [3.8, 4) is 0 Å². The maximum Gasteiger partial charge on any atom is 0.0934 e. The number of furan rings is 1. The van der Waals surface area contributed by atoms with E-state index >= 15 is 0 Å². The molecule has 0 aliphatic heterocycles. The van der Waals surface area contributed by atoms with E-state index in [1.165, 1.54) is 72.8 Å².